The number of halogens is 3. The molecule has 0 radical (unpaired) electrons. The highest BCUT2D eigenvalue weighted by atomic mass is 19.4. The summed E-state index contributed by atoms with van der Waals surface area (Å²) >= 11 is 0. The Hall–Kier alpha value is -2.91. The predicted octanol–water partition coefficient (Wildman–Crippen LogP) is 1.09. The molecule has 0 atom stereocenters. The maximum atomic E-state index is 12.4. The van der Waals surface area contributed by atoms with Crippen molar-refractivity contribution in [2.24, 2.45) is 0 Å². The van der Waals surface area contributed by atoms with Gasteiger partial charge in [-0.25, -0.2) is 10.1 Å². The smallest absolute Gasteiger partial charge is 0.417 e. The van der Waals surface area contributed by atoms with Crippen molar-refractivity contribution in [1.29, 1.82) is 0 Å². The maximum absolute atomic E-state index is 12.4. The molecule has 126 valence electrons. The molecule has 0 unspecified atom stereocenters. The lowest BCUT2D eigenvalue weighted by Gasteiger charge is -2.38. The van der Waals surface area contributed by atoms with Crippen LogP contribution in [0.3, 0.4) is 0 Å². The van der Waals surface area contributed by atoms with Crippen LogP contribution in [-0.2, 0) is 6.18 Å². The van der Waals surface area contributed by atoms with Gasteiger partial charge in [0.25, 0.3) is 11.5 Å². The van der Waals surface area contributed by atoms with E-state index in [1.165, 1.54) is 17.0 Å². The molecule has 1 saturated heterocycles. The highest BCUT2D eigenvalue weighted by Gasteiger charge is 2.34. The summed E-state index contributed by atoms with van der Waals surface area (Å²) in [6.45, 7) is 0.505. The van der Waals surface area contributed by atoms with Crippen molar-refractivity contribution in [2.75, 3.05) is 13.1 Å². The summed E-state index contributed by atoms with van der Waals surface area (Å²) < 4.78 is 42.7. The van der Waals surface area contributed by atoms with Crippen LogP contribution < -0.4 is 10.3 Å². The van der Waals surface area contributed by atoms with E-state index in [0.29, 0.717) is 6.20 Å². The Labute approximate surface area is 133 Å². The molecule has 3 rings (SSSR count). The lowest BCUT2D eigenvalue weighted by molar-refractivity contribution is -0.137. The number of nitrogens with one attached hydrogen (secondary N) is 1. The Kier molecular flexibility index (Phi) is 3.96. The number of pyridine rings is 1. The molecule has 0 aliphatic carbocycles. The van der Waals surface area contributed by atoms with E-state index in [1.807, 2.05) is 0 Å². The molecule has 0 saturated carbocycles. The molecule has 0 bridgehead atoms. The molecule has 2 aromatic heterocycles. The highest BCUT2D eigenvalue weighted by Crippen LogP contribution is 2.29. The molecule has 1 fully saturated rings. The number of rotatable bonds is 3. The average molecular weight is 340 g/mol. The van der Waals surface area contributed by atoms with E-state index < -0.39 is 17.3 Å². The van der Waals surface area contributed by atoms with Crippen molar-refractivity contribution >= 4 is 5.91 Å². The van der Waals surface area contributed by atoms with E-state index in [9.17, 15) is 22.8 Å². The van der Waals surface area contributed by atoms with E-state index in [0.717, 1.165) is 12.1 Å². The number of aromatic nitrogens is 3. The lowest BCUT2D eigenvalue weighted by Crippen LogP contribution is -2.56. The Bertz CT molecular complexity index is 778. The third-order valence-corrected chi connectivity index (χ3v) is 3.38. The standard InChI is InChI=1S/C14H11F3N4O3/c15-14(16,17)8-1-4-12(18-5-8)24-9-6-21(7-9)13(23)10-2-3-11(22)20-19-10/h1-5,9H,6-7H2,(H,20,22). The second kappa shape index (κ2) is 5.95. The number of alkyl halides is 3. The number of carbonyl (C=O) groups is 1. The van der Waals surface area contributed by atoms with Crippen LogP contribution in [0.2, 0.25) is 0 Å². The van der Waals surface area contributed by atoms with Crippen molar-refractivity contribution in [3.63, 3.8) is 0 Å². The summed E-state index contributed by atoms with van der Waals surface area (Å²) in [5.41, 5.74) is -1.17. The number of H-pyrrole nitrogens is 1. The fourth-order valence-corrected chi connectivity index (χ4v) is 2.09. The normalized spacial score (nSPS) is 15.0. The zero-order chi connectivity index (χ0) is 17.3. The summed E-state index contributed by atoms with van der Waals surface area (Å²) in [5.74, 6) is -0.311. The summed E-state index contributed by atoms with van der Waals surface area (Å²) in [6.07, 6.45) is -4.11. The van der Waals surface area contributed by atoms with E-state index in [2.05, 4.69) is 15.2 Å². The maximum Gasteiger partial charge on any atom is 0.417 e. The fraction of sp³-hybridized carbons (Fsp3) is 0.286. The third kappa shape index (κ3) is 3.36. The summed E-state index contributed by atoms with van der Waals surface area (Å²) in [6, 6.07) is 4.53. The molecule has 1 aliphatic heterocycles. The van der Waals surface area contributed by atoms with Crippen molar-refractivity contribution in [3.8, 4) is 5.88 Å². The molecule has 2 aromatic rings. The van der Waals surface area contributed by atoms with Gasteiger partial charge in [0.15, 0.2) is 0 Å². The molecule has 3 heterocycles. The van der Waals surface area contributed by atoms with Crippen LogP contribution in [0.4, 0.5) is 13.2 Å². The van der Waals surface area contributed by atoms with Gasteiger partial charge in [0, 0.05) is 18.3 Å². The molecule has 1 aliphatic rings. The Morgan fingerprint density at radius 3 is 2.54 bits per heavy atom. The van der Waals surface area contributed by atoms with Crippen LogP contribution in [0, 0.1) is 0 Å². The van der Waals surface area contributed by atoms with Gasteiger partial charge in [-0.1, -0.05) is 0 Å². The Balaban J connectivity index is 1.54. The molecular weight excluding hydrogens is 329 g/mol. The third-order valence-electron chi connectivity index (χ3n) is 3.38. The first kappa shape index (κ1) is 16.0. The molecule has 24 heavy (non-hydrogen) atoms. The second-order valence-electron chi connectivity index (χ2n) is 5.14. The zero-order valence-electron chi connectivity index (χ0n) is 12.1. The number of hydrogen-bond donors (Lipinski definition) is 1. The van der Waals surface area contributed by atoms with Gasteiger partial charge in [0.05, 0.1) is 18.7 Å². The van der Waals surface area contributed by atoms with Crippen LogP contribution in [0.15, 0.2) is 35.3 Å². The minimum atomic E-state index is -4.45. The summed E-state index contributed by atoms with van der Waals surface area (Å²) in [4.78, 5) is 28.0. The van der Waals surface area contributed by atoms with Gasteiger partial charge in [-0.3, -0.25) is 9.59 Å². The number of carbonyl (C=O) groups excluding carboxylic acids is 1. The van der Waals surface area contributed by atoms with Gasteiger partial charge < -0.3 is 9.64 Å². The zero-order valence-corrected chi connectivity index (χ0v) is 12.1. The molecule has 1 N–H and O–H groups in total. The van der Waals surface area contributed by atoms with Crippen LogP contribution in [0.25, 0.3) is 0 Å². The van der Waals surface area contributed by atoms with Crippen LogP contribution in [0.1, 0.15) is 16.1 Å². The quantitative estimate of drug-likeness (QED) is 0.904. The molecular formula is C14H11F3N4O3. The largest absolute Gasteiger partial charge is 0.471 e. The van der Waals surface area contributed by atoms with Gasteiger partial charge in [-0.2, -0.15) is 18.3 Å². The molecule has 10 heteroatoms. The van der Waals surface area contributed by atoms with Crippen LogP contribution in [0.5, 0.6) is 5.88 Å². The van der Waals surface area contributed by atoms with E-state index in [4.69, 9.17) is 4.74 Å². The number of nitrogens with zero attached hydrogens (tertiary/aromatic N) is 3. The first-order chi connectivity index (χ1) is 11.3. The van der Waals surface area contributed by atoms with Crippen molar-refractivity contribution < 1.29 is 22.7 Å². The topological polar surface area (TPSA) is 88.2 Å². The Morgan fingerprint density at radius 2 is 2.00 bits per heavy atom. The minimum Gasteiger partial charge on any atom is -0.471 e. The number of hydrogen-bond acceptors (Lipinski definition) is 5. The van der Waals surface area contributed by atoms with Crippen molar-refractivity contribution in [1.82, 2.24) is 20.1 Å². The molecule has 0 spiro atoms. The number of ether oxygens (including phenoxy) is 1. The first-order valence-corrected chi connectivity index (χ1v) is 6.88. The monoisotopic (exact) mass is 340 g/mol. The number of aromatic amines is 1. The van der Waals surface area contributed by atoms with E-state index >= 15 is 0 Å². The summed E-state index contributed by atoms with van der Waals surface area (Å²) in [5, 5.41) is 5.80. The van der Waals surface area contributed by atoms with Gasteiger partial charge in [0.1, 0.15) is 11.8 Å². The Morgan fingerprint density at radius 1 is 1.25 bits per heavy atom. The summed E-state index contributed by atoms with van der Waals surface area (Å²) in [7, 11) is 0. The van der Waals surface area contributed by atoms with Crippen LogP contribution in [-0.4, -0.2) is 45.2 Å². The first-order valence-electron chi connectivity index (χ1n) is 6.88. The number of likely N-dealkylation sites (tertiary alicyclic amines) is 1. The van der Waals surface area contributed by atoms with Gasteiger partial charge in [-0.05, 0) is 12.1 Å². The molecule has 0 aromatic carbocycles. The minimum absolute atomic E-state index is 0.0577. The van der Waals surface area contributed by atoms with Gasteiger partial charge in [0.2, 0.25) is 5.88 Å². The van der Waals surface area contributed by atoms with Crippen molar-refractivity contribution in [2.45, 2.75) is 12.3 Å². The second-order valence-corrected chi connectivity index (χ2v) is 5.14. The fourth-order valence-electron chi connectivity index (χ4n) is 2.09. The van der Waals surface area contributed by atoms with Gasteiger partial charge in [-0.15, -0.1) is 0 Å². The van der Waals surface area contributed by atoms with Crippen LogP contribution >= 0.6 is 0 Å². The highest BCUT2D eigenvalue weighted by molar-refractivity contribution is 5.92. The van der Waals surface area contributed by atoms with Gasteiger partial charge >= 0.3 is 6.18 Å². The van der Waals surface area contributed by atoms with Crippen molar-refractivity contribution in [3.05, 3.63) is 52.1 Å². The lowest BCUT2D eigenvalue weighted by atomic mass is 10.1. The van der Waals surface area contributed by atoms with E-state index in [1.54, 1.807) is 0 Å². The predicted molar refractivity (Wildman–Crippen MR) is 74.4 cm³/mol. The molecule has 1 amide bonds. The average Bonchev–Trinajstić information content (AvgIpc) is 2.50. The SMILES string of the molecule is O=C(c1ccc(=O)[nH]n1)N1CC(Oc2ccc(C(F)(F)F)cn2)C1. The number of amides is 1. The molecule has 7 nitrogen and oxygen atoms in total. The van der Waals surface area contributed by atoms with E-state index in [-0.39, 0.29) is 36.7 Å².